The normalized spacial score (nSPS) is 11.9. The van der Waals surface area contributed by atoms with Gasteiger partial charge in [-0.3, -0.25) is 4.90 Å². The van der Waals surface area contributed by atoms with Crippen molar-refractivity contribution in [2.24, 2.45) is 0 Å². The topological polar surface area (TPSA) is 36.3 Å². The van der Waals surface area contributed by atoms with Crippen LogP contribution in [0.25, 0.3) is 0 Å². The molecule has 0 aliphatic rings. The van der Waals surface area contributed by atoms with Crippen molar-refractivity contribution in [1.29, 1.82) is 5.26 Å². The van der Waals surface area contributed by atoms with Gasteiger partial charge in [-0.1, -0.05) is 49.4 Å². The average Bonchev–Trinajstić information content (AvgIpc) is 2.56. The van der Waals surface area contributed by atoms with Crippen molar-refractivity contribution in [2.45, 2.75) is 19.5 Å². The largest absolute Gasteiger partial charge is 0.497 e. The third-order valence-electron chi connectivity index (χ3n) is 3.55. The van der Waals surface area contributed by atoms with Crippen LogP contribution >= 0.6 is 0 Å². The summed E-state index contributed by atoms with van der Waals surface area (Å²) in [5.74, 6) is 0.807. The lowest BCUT2D eigenvalue weighted by molar-refractivity contribution is 0.239. The molecule has 0 aromatic heterocycles. The monoisotopic (exact) mass is 280 g/mol. The predicted octanol–water partition coefficient (Wildman–Crippen LogP) is 3.78. The van der Waals surface area contributed by atoms with Crippen molar-refractivity contribution >= 4 is 0 Å². The van der Waals surface area contributed by atoms with Crippen molar-refractivity contribution in [1.82, 2.24) is 4.90 Å². The summed E-state index contributed by atoms with van der Waals surface area (Å²) in [4.78, 5) is 2.16. The quantitative estimate of drug-likeness (QED) is 0.808. The van der Waals surface area contributed by atoms with Gasteiger partial charge in [0.25, 0.3) is 0 Å². The molecule has 108 valence electrons. The molecule has 0 N–H and O–H groups in total. The number of nitriles is 1. The Morgan fingerprint density at radius 1 is 1.10 bits per heavy atom. The zero-order chi connectivity index (χ0) is 15.1. The van der Waals surface area contributed by atoms with Gasteiger partial charge in [-0.25, -0.2) is 0 Å². The van der Waals surface area contributed by atoms with E-state index in [4.69, 9.17) is 4.74 Å². The van der Waals surface area contributed by atoms with Crippen LogP contribution in [0.1, 0.15) is 24.1 Å². The molecule has 0 bridgehead atoms. The molecule has 3 nitrogen and oxygen atoms in total. The Hall–Kier alpha value is -2.31. The lowest BCUT2D eigenvalue weighted by Gasteiger charge is -2.26. The molecular formula is C18H20N2O. The van der Waals surface area contributed by atoms with Crippen LogP contribution in [0.4, 0.5) is 0 Å². The first-order valence-electron chi connectivity index (χ1n) is 7.10. The smallest absolute Gasteiger partial charge is 0.124 e. The zero-order valence-corrected chi connectivity index (χ0v) is 12.5. The molecule has 0 amide bonds. The number of ether oxygens (including phenoxy) is 1. The molecule has 0 aliphatic heterocycles. The highest BCUT2D eigenvalue weighted by Crippen LogP contribution is 2.24. The highest BCUT2D eigenvalue weighted by atomic mass is 16.5. The molecule has 1 unspecified atom stereocenters. The second-order valence-electron chi connectivity index (χ2n) is 4.85. The summed E-state index contributed by atoms with van der Waals surface area (Å²) in [6, 6.07) is 20.1. The molecule has 0 heterocycles. The van der Waals surface area contributed by atoms with E-state index < -0.39 is 0 Å². The number of hydrogen-bond acceptors (Lipinski definition) is 3. The summed E-state index contributed by atoms with van der Waals surface area (Å²) in [5, 5.41) is 9.56. The molecule has 2 aromatic rings. The molecule has 2 aromatic carbocycles. The van der Waals surface area contributed by atoms with Crippen molar-refractivity contribution < 1.29 is 4.74 Å². The van der Waals surface area contributed by atoms with E-state index in [9.17, 15) is 5.26 Å². The molecule has 2 rings (SSSR count). The maximum absolute atomic E-state index is 9.56. The summed E-state index contributed by atoms with van der Waals surface area (Å²) in [6.07, 6.45) is 0. The third kappa shape index (κ3) is 3.84. The van der Waals surface area contributed by atoms with Crippen LogP contribution in [-0.2, 0) is 6.54 Å². The highest BCUT2D eigenvalue weighted by molar-refractivity contribution is 5.32. The first kappa shape index (κ1) is 15.1. The van der Waals surface area contributed by atoms with Crippen molar-refractivity contribution in [3.8, 4) is 11.8 Å². The maximum Gasteiger partial charge on any atom is 0.124 e. The summed E-state index contributed by atoms with van der Waals surface area (Å²) in [7, 11) is 1.64. The molecular weight excluding hydrogens is 260 g/mol. The Kier molecular flexibility index (Phi) is 5.36. The Morgan fingerprint density at radius 2 is 1.76 bits per heavy atom. The van der Waals surface area contributed by atoms with E-state index in [1.54, 1.807) is 7.11 Å². The van der Waals surface area contributed by atoms with Crippen molar-refractivity contribution in [3.05, 3.63) is 65.7 Å². The van der Waals surface area contributed by atoms with Gasteiger partial charge in [-0.2, -0.15) is 5.26 Å². The van der Waals surface area contributed by atoms with E-state index >= 15 is 0 Å². The number of rotatable bonds is 6. The van der Waals surface area contributed by atoms with Gasteiger partial charge < -0.3 is 4.74 Å². The van der Waals surface area contributed by atoms with Crippen molar-refractivity contribution in [3.63, 3.8) is 0 Å². The lowest BCUT2D eigenvalue weighted by Crippen LogP contribution is -2.27. The highest BCUT2D eigenvalue weighted by Gasteiger charge is 2.18. The second kappa shape index (κ2) is 7.47. The van der Waals surface area contributed by atoms with Crippen LogP contribution in [0.5, 0.6) is 5.75 Å². The minimum absolute atomic E-state index is 0.249. The van der Waals surface area contributed by atoms with Gasteiger partial charge in [-0.05, 0) is 29.8 Å². The number of nitrogens with zero attached hydrogens (tertiary/aromatic N) is 2. The Balaban J connectivity index is 2.19. The van der Waals surface area contributed by atoms with E-state index in [0.717, 1.165) is 24.4 Å². The minimum atomic E-state index is -0.249. The first-order chi connectivity index (χ1) is 10.3. The first-order valence-corrected chi connectivity index (χ1v) is 7.10. The van der Waals surface area contributed by atoms with Gasteiger partial charge in [0, 0.05) is 6.54 Å². The Bertz CT molecular complexity index is 587. The van der Waals surface area contributed by atoms with E-state index in [0.29, 0.717) is 0 Å². The van der Waals surface area contributed by atoms with E-state index in [2.05, 4.69) is 30.0 Å². The van der Waals surface area contributed by atoms with Crippen molar-refractivity contribution in [2.75, 3.05) is 13.7 Å². The molecule has 0 spiro atoms. The Labute approximate surface area is 126 Å². The molecule has 3 heteroatoms. The van der Waals surface area contributed by atoms with Gasteiger partial charge in [0.05, 0.1) is 13.2 Å². The summed E-state index contributed by atoms with van der Waals surface area (Å²) in [5.41, 5.74) is 2.21. The number of methoxy groups -OCH3 is 1. The molecule has 0 saturated carbocycles. The van der Waals surface area contributed by atoms with Gasteiger partial charge >= 0.3 is 0 Å². The SMILES string of the molecule is CCN(Cc1ccccc1)C(C#N)c1ccc(OC)cc1. The molecule has 0 fully saturated rings. The number of benzene rings is 2. The fraction of sp³-hybridized carbons (Fsp3) is 0.278. The van der Waals surface area contributed by atoms with E-state index in [-0.39, 0.29) is 6.04 Å². The van der Waals surface area contributed by atoms with Gasteiger partial charge in [0.15, 0.2) is 0 Å². The fourth-order valence-electron chi connectivity index (χ4n) is 2.36. The van der Waals surface area contributed by atoms with Crippen LogP contribution in [0, 0.1) is 11.3 Å². The van der Waals surface area contributed by atoms with E-state index in [1.165, 1.54) is 5.56 Å². The maximum atomic E-state index is 9.56. The van der Waals surface area contributed by atoms with Gasteiger partial charge in [0.1, 0.15) is 11.8 Å². The molecule has 21 heavy (non-hydrogen) atoms. The summed E-state index contributed by atoms with van der Waals surface area (Å²) >= 11 is 0. The van der Waals surface area contributed by atoms with Crippen LogP contribution < -0.4 is 4.74 Å². The Morgan fingerprint density at radius 3 is 2.29 bits per heavy atom. The van der Waals surface area contributed by atoms with Crippen LogP contribution in [0.3, 0.4) is 0 Å². The molecule has 1 atom stereocenters. The fourth-order valence-corrected chi connectivity index (χ4v) is 2.36. The van der Waals surface area contributed by atoms with Crippen LogP contribution in [0.15, 0.2) is 54.6 Å². The second-order valence-corrected chi connectivity index (χ2v) is 4.85. The van der Waals surface area contributed by atoms with E-state index in [1.807, 2.05) is 42.5 Å². The summed E-state index contributed by atoms with van der Waals surface area (Å²) < 4.78 is 5.17. The average molecular weight is 280 g/mol. The lowest BCUT2D eigenvalue weighted by atomic mass is 10.1. The predicted molar refractivity (Wildman–Crippen MR) is 83.9 cm³/mol. The van der Waals surface area contributed by atoms with Crippen LogP contribution in [-0.4, -0.2) is 18.6 Å². The number of hydrogen-bond donors (Lipinski definition) is 0. The standard InChI is InChI=1S/C18H20N2O/c1-3-20(14-15-7-5-4-6-8-15)18(13-19)16-9-11-17(21-2)12-10-16/h4-12,18H,3,14H2,1-2H3. The third-order valence-corrected chi connectivity index (χ3v) is 3.55. The van der Waals surface area contributed by atoms with Crippen LogP contribution in [0.2, 0.25) is 0 Å². The zero-order valence-electron chi connectivity index (χ0n) is 12.5. The van der Waals surface area contributed by atoms with Gasteiger partial charge in [-0.15, -0.1) is 0 Å². The molecule has 0 radical (unpaired) electrons. The molecule has 0 saturated heterocycles. The van der Waals surface area contributed by atoms with Gasteiger partial charge in [0.2, 0.25) is 0 Å². The molecule has 0 aliphatic carbocycles. The minimum Gasteiger partial charge on any atom is -0.497 e. The summed E-state index contributed by atoms with van der Waals surface area (Å²) in [6.45, 7) is 3.66.